The molecular formula is C28H38ClN6O2P. The van der Waals surface area contributed by atoms with Crippen LogP contribution in [0.1, 0.15) is 23.6 Å². The second-order valence-corrected chi connectivity index (χ2v) is 13.8. The Hall–Kier alpha value is -2.80. The van der Waals surface area contributed by atoms with Crippen LogP contribution in [0.3, 0.4) is 0 Å². The van der Waals surface area contributed by atoms with Crippen molar-refractivity contribution in [2.75, 3.05) is 69.2 Å². The number of anilines is 5. The number of halogens is 1. The van der Waals surface area contributed by atoms with E-state index < -0.39 is 7.14 Å². The van der Waals surface area contributed by atoms with Crippen molar-refractivity contribution in [3.63, 3.8) is 0 Å². The van der Waals surface area contributed by atoms with Crippen molar-refractivity contribution < 1.29 is 9.30 Å². The molecule has 1 saturated heterocycles. The van der Waals surface area contributed by atoms with E-state index in [0.29, 0.717) is 16.8 Å². The largest absolute Gasteiger partial charge is 0.494 e. The molecule has 3 aromatic rings. The zero-order chi connectivity index (χ0) is 27.6. The molecule has 1 fully saturated rings. The average Bonchev–Trinajstić information content (AvgIpc) is 2.87. The van der Waals surface area contributed by atoms with E-state index in [-0.39, 0.29) is 0 Å². The van der Waals surface area contributed by atoms with E-state index in [9.17, 15) is 4.57 Å². The van der Waals surface area contributed by atoms with Gasteiger partial charge in [0.2, 0.25) is 5.95 Å². The Morgan fingerprint density at radius 2 is 1.79 bits per heavy atom. The summed E-state index contributed by atoms with van der Waals surface area (Å²) in [6.07, 6.45) is 2.45. The van der Waals surface area contributed by atoms with Crippen LogP contribution in [0.2, 0.25) is 5.02 Å². The molecule has 0 aliphatic carbocycles. The molecule has 8 nitrogen and oxygen atoms in total. The van der Waals surface area contributed by atoms with Crippen molar-refractivity contribution >= 4 is 52.9 Å². The molecule has 0 unspecified atom stereocenters. The summed E-state index contributed by atoms with van der Waals surface area (Å²) in [5, 5.41) is 7.81. The van der Waals surface area contributed by atoms with E-state index in [0.717, 1.165) is 66.2 Å². The summed E-state index contributed by atoms with van der Waals surface area (Å²) in [6, 6.07) is 8.15. The van der Waals surface area contributed by atoms with Gasteiger partial charge in [0.1, 0.15) is 17.9 Å². The molecule has 0 spiro atoms. The average molecular weight is 557 g/mol. The molecular weight excluding hydrogens is 519 g/mol. The highest BCUT2D eigenvalue weighted by atomic mass is 35.5. The molecule has 0 radical (unpaired) electrons. The molecule has 0 bridgehead atoms. The van der Waals surface area contributed by atoms with E-state index in [1.165, 1.54) is 11.3 Å². The normalized spacial score (nSPS) is 14.5. The first-order chi connectivity index (χ1) is 18.0. The summed E-state index contributed by atoms with van der Waals surface area (Å²) in [7, 11) is 1.26. The lowest BCUT2D eigenvalue weighted by atomic mass is 10.1. The van der Waals surface area contributed by atoms with Crippen molar-refractivity contribution in [2.24, 2.45) is 0 Å². The maximum absolute atomic E-state index is 13.1. The lowest BCUT2D eigenvalue weighted by Gasteiger charge is -2.35. The number of likely N-dealkylation sites (N-methyl/N-ethyl adjacent to an activating group) is 1. The maximum atomic E-state index is 13.1. The predicted octanol–water partition coefficient (Wildman–Crippen LogP) is 5.80. The first kappa shape index (κ1) is 28.2. The Bertz CT molecular complexity index is 1370. The topological polar surface area (TPSA) is 82.6 Å². The van der Waals surface area contributed by atoms with Crippen LogP contribution >= 0.6 is 18.7 Å². The highest BCUT2D eigenvalue weighted by molar-refractivity contribution is 7.70. The summed E-state index contributed by atoms with van der Waals surface area (Å²) in [4.78, 5) is 13.8. The maximum Gasteiger partial charge on any atom is 0.229 e. The molecule has 2 aromatic carbocycles. The summed E-state index contributed by atoms with van der Waals surface area (Å²) in [6.45, 7) is 13.8. The van der Waals surface area contributed by atoms with Crippen LogP contribution in [0.25, 0.3) is 0 Å². The molecule has 1 aromatic heterocycles. The van der Waals surface area contributed by atoms with Crippen LogP contribution in [-0.4, -0.2) is 68.5 Å². The zero-order valence-corrected chi connectivity index (χ0v) is 25.0. The molecule has 38 heavy (non-hydrogen) atoms. The summed E-state index contributed by atoms with van der Waals surface area (Å²) < 4.78 is 18.9. The lowest BCUT2D eigenvalue weighted by molar-refractivity contribution is 0.312. The fourth-order valence-corrected chi connectivity index (χ4v) is 6.70. The van der Waals surface area contributed by atoms with E-state index in [4.69, 9.17) is 16.3 Å². The lowest BCUT2D eigenvalue weighted by Crippen LogP contribution is -2.44. The Morgan fingerprint density at radius 1 is 1.08 bits per heavy atom. The van der Waals surface area contributed by atoms with Crippen LogP contribution < -0.4 is 25.6 Å². The molecule has 1 aliphatic rings. The minimum atomic E-state index is -2.57. The van der Waals surface area contributed by atoms with E-state index >= 15 is 0 Å². The third kappa shape index (κ3) is 6.09. The first-order valence-corrected chi connectivity index (χ1v) is 15.9. The fraction of sp³-hybridized carbons (Fsp3) is 0.429. The van der Waals surface area contributed by atoms with E-state index in [1.54, 1.807) is 26.6 Å². The number of hydrogen-bond donors (Lipinski definition) is 2. The summed E-state index contributed by atoms with van der Waals surface area (Å²) >= 11 is 6.49. The monoisotopic (exact) mass is 556 g/mol. The number of hydrogen-bond acceptors (Lipinski definition) is 8. The van der Waals surface area contributed by atoms with Crippen molar-refractivity contribution in [2.45, 2.75) is 27.2 Å². The SMILES string of the molecule is CCc1cc(Nc2ncc(Cl)c(Nc3ccc(C)c(C)c3P(C)(C)=O)n2)c(OC)cc1N1CCN(C)CC1. The van der Waals surface area contributed by atoms with Crippen molar-refractivity contribution in [3.05, 3.63) is 52.2 Å². The number of aryl methyl sites for hydroxylation is 2. The number of ether oxygens (including phenoxy) is 1. The van der Waals surface area contributed by atoms with Crippen LogP contribution in [0.4, 0.5) is 28.8 Å². The van der Waals surface area contributed by atoms with Crippen molar-refractivity contribution in [1.82, 2.24) is 14.9 Å². The third-order valence-electron chi connectivity index (χ3n) is 7.11. The number of methoxy groups -OCH3 is 1. The Morgan fingerprint density at radius 3 is 2.42 bits per heavy atom. The second-order valence-electron chi connectivity index (χ2n) is 10.2. The second kappa shape index (κ2) is 11.5. The number of aromatic nitrogens is 2. The molecule has 10 heteroatoms. The first-order valence-electron chi connectivity index (χ1n) is 12.9. The predicted molar refractivity (Wildman–Crippen MR) is 161 cm³/mol. The van der Waals surface area contributed by atoms with Gasteiger partial charge >= 0.3 is 0 Å². The van der Waals surface area contributed by atoms with Gasteiger partial charge < -0.3 is 29.7 Å². The molecule has 0 amide bonds. The minimum absolute atomic E-state index is 0.369. The van der Waals surface area contributed by atoms with Crippen LogP contribution in [0.15, 0.2) is 30.5 Å². The molecule has 4 rings (SSSR count). The van der Waals surface area contributed by atoms with Crippen LogP contribution in [0, 0.1) is 13.8 Å². The number of nitrogens with one attached hydrogen (secondary N) is 2. The van der Waals surface area contributed by atoms with Crippen molar-refractivity contribution in [3.8, 4) is 5.75 Å². The number of rotatable bonds is 8. The molecule has 0 saturated carbocycles. The van der Waals surface area contributed by atoms with E-state index in [1.807, 2.05) is 26.0 Å². The Balaban J connectivity index is 1.66. The number of benzene rings is 2. The quantitative estimate of drug-likeness (QED) is 0.337. The fourth-order valence-electron chi connectivity index (χ4n) is 4.86. The molecule has 0 atom stereocenters. The minimum Gasteiger partial charge on any atom is -0.494 e. The van der Waals surface area contributed by atoms with Gasteiger partial charge in [0.15, 0.2) is 5.82 Å². The van der Waals surface area contributed by atoms with Gasteiger partial charge in [0.25, 0.3) is 0 Å². The van der Waals surface area contributed by atoms with Crippen LogP contribution in [0.5, 0.6) is 5.75 Å². The third-order valence-corrected chi connectivity index (χ3v) is 9.04. The van der Waals surface area contributed by atoms with Crippen LogP contribution in [-0.2, 0) is 11.0 Å². The highest BCUT2D eigenvalue weighted by Gasteiger charge is 2.22. The van der Waals surface area contributed by atoms with Gasteiger partial charge in [0, 0.05) is 43.2 Å². The summed E-state index contributed by atoms with van der Waals surface area (Å²) in [5.41, 5.74) is 6.04. The molecule has 204 valence electrons. The van der Waals surface area contributed by atoms with Gasteiger partial charge in [-0.1, -0.05) is 24.6 Å². The van der Waals surface area contributed by atoms with Gasteiger partial charge in [-0.25, -0.2) is 4.98 Å². The smallest absolute Gasteiger partial charge is 0.229 e. The molecule has 2 N–H and O–H groups in total. The number of nitrogens with zero attached hydrogens (tertiary/aromatic N) is 4. The van der Waals surface area contributed by atoms with Gasteiger partial charge in [-0.05, 0) is 69.5 Å². The van der Waals surface area contributed by atoms with Crippen molar-refractivity contribution in [1.29, 1.82) is 0 Å². The van der Waals surface area contributed by atoms with Gasteiger partial charge in [0.05, 0.1) is 24.7 Å². The van der Waals surface area contributed by atoms with E-state index in [2.05, 4.69) is 56.5 Å². The Labute approximate surface area is 231 Å². The Kier molecular flexibility index (Phi) is 8.55. The molecule has 1 aliphatic heterocycles. The van der Waals surface area contributed by atoms with Gasteiger partial charge in [-0.15, -0.1) is 0 Å². The number of piperazine rings is 1. The standard InChI is InChI=1S/C28H38ClN6O2P/c1-8-20-15-23(25(37-5)16-24(20)35-13-11-34(4)12-14-35)32-28-30-17-21(29)27(33-28)31-22-10-9-18(2)19(3)26(22)38(6,7)36/h9-10,15-17H,8,11-14H2,1-7H3,(H2,30,31,32,33). The van der Waals surface area contributed by atoms with Gasteiger partial charge in [-0.3, -0.25) is 0 Å². The zero-order valence-electron chi connectivity index (χ0n) is 23.4. The molecule has 2 heterocycles. The van der Waals surface area contributed by atoms with Gasteiger partial charge in [-0.2, -0.15) is 4.98 Å². The summed E-state index contributed by atoms with van der Waals surface area (Å²) in [5.74, 6) is 1.54. The highest BCUT2D eigenvalue weighted by Crippen LogP contribution is 2.41.